The van der Waals surface area contributed by atoms with Crippen molar-refractivity contribution >= 4 is 11.0 Å². The number of nitrogens with zero attached hydrogens (tertiary/aromatic N) is 4. The molecular weight excluding hydrogens is 238 g/mol. The molecule has 0 fully saturated rings. The van der Waals surface area contributed by atoms with Crippen molar-refractivity contribution < 1.29 is 0 Å². The minimum atomic E-state index is 0.666. The maximum atomic E-state index is 4.54. The molecule has 0 aliphatic carbocycles. The molecule has 3 rings (SSSR count). The summed E-state index contributed by atoms with van der Waals surface area (Å²) in [5, 5.41) is 3.05. The Morgan fingerprint density at radius 1 is 1.21 bits per heavy atom. The molecule has 1 aromatic carbocycles. The van der Waals surface area contributed by atoms with E-state index in [1.807, 2.05) is 31.1 Å². The molecule has 19 heavy (non-hydrogen) atoms. The van der Waals surface area contributed by atoms with E-state index in [0.29, 0.717) is 6.54 Å². The monoisotopic (exact) mass is 253 g/mol. The minimum Gasteiger partial charge on any atom is -0.334 e. The van der Waals surface area contributed by atoms with Crippen LogP contribution in [0.3, 0.4) is 0 Å². The van der Waals surface area contributed by atoms with Gasteiger partial charge in [0.2, 0.25) is 0 Å². The summed E-state index contributed by atoms with van der Waals surface area (Å²) in [4.78, 5) is 13.1. The Hall–Kier alpha value is -2.27. The summed E-state index contributed by atoms with van der Waals surface area (Å²) in [6.45, 7) is 0.666. The zero-order valence-electron chi connectivity index (χ0n) is 11.0. The van der Waals surface area contributed by atoms with Crippen LogP contribution in [0.1, 0.15) is 5.82 Å². The first-order chi connectivity index (χ1) is 9.28. The topological polar surface area (TPSA) is 55.6 Å². The molecule has 0 spiro atoms. The minimum absolute atomic E-state index is 0.666. The maximum Gasteiger partial charge on any atom is 0.142 e. The third-order valence-corrected chi connectivity index (χ3v) is 3.06. The third-order valence-electron chi connectivity index (χ3n) is 3.06. The second kappa shape index (κ2) is 4.78. The predicted molar refractivity (Wildman–Crippen MR) is 74.5 cm³/mol. The normalized spacial score (nSPS) is 11.1. The fraction of sp³-hybridized carbons (Fsp3) is 0.214. The number of benzene rings is 1. The highest BCUT2D eigenvalue weighted by molar-refractivity contribution is 5.81. The molecular formula is C14H15N5. The van der Waals surface area contributed by atoms with Gasteiger partial charge in [0.25, 0.3) is 0 Å². The van der Waals surface area contributed by atoms with Crippen LogP contribution in [0.4, 0.5) is 0 Å². The zero-order valence-corrected chi connectivity index (χ0v) is 11.0. The van der Waals surface area contributed by atoms with E-state index >= 15 is 0 Å². The smallest absolute Gasteiger partial charge is 0.142 e. The first kappa shape index (κ1) is 11.8. The van der Waals surface area contributed by atoms with Crippen LogP contribution in [-0.4, -0.2) is 26.6 Å². The van der Waals surface area contributed by atoms with Gasteiger partial charge in [0, 0.05) is 18.8 Å². The van der Waals surface area contributed by atoms with E-state index in [2.05, 4.69) is 38.5 Å². The lowest BCUT2D eigenvalue weighted by molar-refractivity contribution is 0.759. The zero-order chi connectivity index (χ0) is 13.2. The molecule has 3 aromatic rings. The van der Waals surface area contributed by atoms with Gasteiger partial charge >= 0.3 is 0 Å². The number of rotatable bonds is 3. The molecule has 2 aromatic heterocycles. The van der Waals surface area contributed by atoms with E-state index in [9.17, 15) is 0 Å². The number of hydrogen-bond donors (Lipinski definition) is 1. The quantitative estimate of drug-likeness (QED) is 0.772. The van der Waals surface area contributed by atoms with Crippen molar-refractivity contribution in [2.75, 3.05) is 7.05 Å². The standard InChI is InChI=1S/C14H15N5/c1-15-8-14-16-6-5-11(18-14)10-3-4-13-12(7-10)17-9-19(13)2/h3-7,9,15H,8H2,1-2H3. The molecule has 0 saturated carbocycles. The molecule has 0 radical (unpaired) electrons. The number of hydrogen-bond acceptors (Lipinski definition) is 4. The summed E-state index contributed by atoms with van der Waals surface area (Å²) in [6.07, 6.45) is 3.61. The second-order valence-corrected chi connectivity index (χ2v) is 4.45. The van der Waals surface area contributed by atoms with Gasteiger partial charge in [0.15, 0.2) is 0 Å². The highest BCUT2D eigenvalue weighted by atomic mass is 15.0. The molecule has 5 heteroatoms. The Balaban J connectivity index is 2.05. The van der Waals surface area contributed by atoms with Crippen molar-refractivity contribution in [2.45, 2.75) is 6.54 Å². The van der Waals surface area contributed by atoms with Gasteiger partial charge in [-0.05, 0) is 25.2 Å². The van der Waals surface area contributed by atoms with Gasteiger partial charge in [-0.1, -0.05) is 6.07 Å². The number of imidazole rings is 1. The number of fused-ring (bicyclic) bond motifs is 1. The molecule has 0 atom stereocenters. The Morgan fingerprint density at radius 2 is 2.11 bits per heavy atom. The Morgan fingerprint density at radius 3 is 2.95 bits per heavy atom. The first-order valence-electron chi connectivity index (χ1n) is 6.16. The lowest BCUT2D eigenvalue weighted by Crippen LogP contribution is -2.09. The van der Waals surface area contributed by atoms with Crippen molar-refractivity contribution in [1.29, 1.82) is 0 Å². The largest absolute Gasteiger partial charge is 0.334 e. The molecule has 5 nitrogen and oxygen atoms in total. The van der Waals surface area contributed by atoms with Crippen molar-refractivity contribution in [2.24, 2.45) is 7.05 Å². The van der Waals surface area contributed by atoms with Gasteiger partial charge in [0.05, 0.1) is 29.6 Å². The fourth-order valence-electron chi connectivity index (χ4n) is 2.10. The van der Waals surface area contributed by atoms with Crippen LogP contribution in [0.25, 0.3) is 22.3 Å². The molecule has 0 aliphatic rings. The molecule has 0 saturated heterocycles. The lowest BCUT2D eigenvalue weighted by atomic mass is 10.1. The summed E-state index contributed by atoms with van der Waals surface area (Å²) < 4.78 is 2.01. The molecule has 2 heterocycles. The van der Waals surface area contributed by atoms with E-state index < -0.39 is 0 Å². The van der Waals surface area contributed by atoms with Crippen LogP contribution < -0.4 is 5.32 Å². The van der Waals surface area contributed by atoms with Gasteiger partial charge < -0.3 is 9.88 Å². The second-order valence-electron chi connectivity index (χ2n) is 4.45. The predicted octanol–water partition coefficient (Wildman–Crippen LogP) is 1.75. The van der Waals surface area contributed by atoms with Crippen LogP contribution >= 0.6 is 0 Å². The van der Waals surface area contributed by atoms with E-state index in [0.717, 1.165) is 28.1 Å². The van der Waals surface area contributed by atoms with Crippen LogP contribution in [0, 0.1) is 0 Å². The molecule has 96 valence electrons. The fourth-order valence-corrected chi connectivity index (χ4v) is 2.10. The van der Waals surface area contributed by atoms with Crippen molar-refractivity contribution in [3.63, 3.8) is 0 Å². The highest BCUT2D eigenvalue weighted by Gasteiger charge is 2.05. The first-order valence-corrected chi connectivity index (χ1v) is 6.16. The third kappa shape index (κ3) is 2.20. The summed E-state index contributed by atoms with van der Waals surface area (Å²) in [5.74, 6) is 0.793. The van der Waals surface area contributed by atoms with E-state index in [-0.39, 0.29) is 0 Å². The molecule has 1 N–H and O–H groups in total. The van der Waals surface area contributed by atoms with Crippen LogP contribution in [0.15, 0.2) is 36.8 Å². The Labute approximate surface area is 111 Å². The van der Waals surface area contributed by atoms with Gasteiger partial charge in [-0.25, -0.2) is 15.0 Å². The van der Waals surface area contributed by atoms with E-state index in [4.69, 9.17) is 0 Å². The van der Waals surface area contributed by atoms with E-state index in [1.165, 1.54) is 0 Å². The van der Waals surface area contributed by atoms with Gasteiger partial charge in [-0.2, -0.15) is 0 Å². The molecule has 0 amide bonds. The van der Waals surface area contributed by atoms with Crippen molar-refractivity contribution in [3.8, 4) is 11.3 Å². The van der Waals surface area contributed by atoms with Gasteiger partial charge in [-0.15, -0.1) is 0 Å². The Kier molecular flexibility index (Phi) is 2.97. The van der Waals surface area contributed by atoms with Crippen molar-refractivity contribution in [3.05, 3.63) is 42.6 Å². The average molecular weight is 253 g/mol. The number of aryl methyl sites for hydroxylation is 1. The summed E-state index contributed by atoms with van der Waals surface area (Å²) >= 11 is 0. The summed E-state index contributed by atoms with van der Waals surface area (Å²) in [7, 11) is 3.88. The van der Waals surface area contributed by atoms with Crippen LogP contribution in [0.5, 0.6) is 0 Å². The van der Waals surface area contributed by atoms with Gasteiger partial charge in [-0.3, -0.25) is 0 Å². The van der Waals surface area contributed by atoms with Gasteiger partial charge in [0.1, 0.15) is 5.82 Å². The molecule has 0 bridgehead atoms. The average Bonchev–Trinajstić information content (AvgIpc) is 2.81. The summed E-state index contributed by atoms with van der Waals surface area (Å²) in [6, 6.07) is 8.11. The maximum absolute atomic E-state index is 4.54. The number of aromatic nitrogens is 4. The number of nitrogens with one attached hydrogen (secondary N) is 1. The molecule has 0 aliphatic heterocycles. The highest BCUT2D eigenvalue weighted by Crippen LogP contribution is 2.21. The van der Waals surface area contributed by atoms with E-state index in [1.54, 1.807) is 6.20 Å². The van der Waals surface area contributed by atoms with Crippen LogP contribution in [-0.2, 0) is 13.6 Å². The Bertz CT molecular complexity index is 717. The SMILES string of the molecule is CNCc1nccc(-c2ccc3c(c2)ncn3C)n1. The molecule has 0 unspecified atom stereocenters. The van der Waals surface area contributed by atoms with Crippen LogP contribution in [0.2, 0.25) is 0 Å². The summed E-state index contributed by atoms with van der Waals surface area (Å²) in [5.41, 5.74) is 4.08. The lowest BCUT2D eigenvalue weighted by Gasteiger charge is -2.04. The van der Waals surface area contributed by atoms with Crippen molar-refractivity contribution in [1.82, 2.24) is 24.8 Å².